The predicted octanol–water partition coefficient (Wildman–Crippen LogP) is 2.11. The Hall–Kier alpha value is -2.18. The highest BCUT2D eigenvalue weighted by Crippen LogP contribution is 2.34. The van der Waals surface area contributed by atoms with Gasteiger partial charge in [-0.2, -0.15) is 0 Å². The molecule has 1 aromatic rings. The first-order chi connectivity index (χ1) is 10.3. The van der Waals surface area contributed by atoms with E-state index in [-0.39, 0.29) is 24.7 Å². The average Bonchev–Trinajstić information content (AvgIpc) is 3.05. The normalized spacial score (nSPS) is 20.8. The van der Waals surface area contributed by atoms with E-state index in [4.69, 9.17) is 14.3 Å². The number of nitrogens with zero attached hydrogens (tertiary/aromatic N) is 2. The first kappa shape index (κ1) is 17.9. The van der Waals surface area contributed by atoms with E-state index in [1.165, 1.54) is 0 Å². The van der Waals surface area contributed by atoms with E-state index < -0.39 is 5.60 Å². The molecule has 0 radical (unpaired) electrons. The van der Waals surface area contributed by atoms with Gasteiger partial charge in [0.15, 0.2) is 12.6 Å². The molecule has 2 heterocycles. The number of hydrogen-bond donors (Lipinski definition) is 1. The van der Waals surface area contributed by atoms with Crippen molar-refractivity contribution in [3.05, 3.63) is 18.2 Å². The maximum atomic E-state index is 12.2. The second-order valence-electron chi connectivity index (χ2n) is 6.24. The van der Waals surface area contributed by atoms with Crippen LogP contribution in [0.3, 0.4) is 0 Å². The van der Waals surface area contributed by atoms with Crippen molar-refractivity contribution in [2.75, 3.05) is 6.54 Å². The quantitative estimate of drug-likeness (QED) is 0.667. The Bertz CT molecular complexity index is 487. The van der Waals surface area contributed by atoms with Crippen molar-refractivity contribution in [2.45, 2.75) is 45.8 Å². The van der Waals surface area contributed by atoms with E-state index in [2.05, 4.69) is 16.9 Å². The van der Waals surface area contributed by atoms with Crippen molar-refractivity contribution in [3.8, 4) is 0 Å². The summed E-state index contributed by atoms with van der Waals surface area (Å²) in [4.78, 5) is 38.9. The fraction of sp³-hybridized carbons (Fsp3) is 0.600. The highest BCUT2D eigenvalue weighted by atomic mass is 16.6. The molecule has 0 spiro atoms. The summed E-state index contributed by atoms with van der Waals surface area (Å²) in [6, 6.07) is 0.00449. The van der Waals surface area contributed by atoms with Crippen LogP contribution in [0, 0.1) is 5.92 Å². The van der Waals surface area contributed by atoms with Crippen molar-refractivity contribution in [1.29, 1.82) is 0 Å². The molecule has 22 heavy (non-hydrogen) atoms. The third-order valence-corrected chi connectivity index (χ3v) is 3.03. The molecule has 0 aliphatic carbocycles. The average molecular weight is 309 g/mol. The fourth-order valence-electron chi connectivity index (χ4n) is 2.29. The van der Waals surface area contributed by atoms with Gasteiger partial charge in [-0.05, 0) is 33.1 Å². The van der Waals surface area contributed by atoms with Crippen molar-refractivity contribution in [1.82, 2.24) is 14.9 Å². The van der Waals surface area contributed by atoms with Gasteiger partial charge in [-0.1, -0.05) is 6.92 Å². The molecule has 7 nitrogen and oxygen atoms in total. The number of hydrogen-bond acceptors (Lipinski definition) is 5. The molecule has 1 N–H and O–H groups in total. The molecule has 0 aromatic carbocycles. The molecule has 1 aliphatic rings. The van der Waals surface area contributed by atoms with Gasteiger partial charge in [-0.25, -0.2) is 9.78 Å². The molecule has 1 aliphatic heterocycles. The van der Waals surface area contributed by atoms with Crippen molar-refractivity contribution in [3.63, 3.8) is 0 Å². The zero-order chi connectivity index (χ0) is 16.8. The van der Waals surface area contributed by atoms with Gasteiger partial charge in [0.25, 0.3) is 0 Å². The third kappa shape index (κ3) is 5.31. The van der Waals surface area contributed by atoms with Crippen LogP contribution >= 0.6 is 0 Å². The van der Waals surface area contributed by atoms with E-state index in [0.717, 1.165) is 18.8 Å². The van der Waals surface area contributed by atoms with E-state index in [1.807, 2.05) is 20.8 Å². The van der Waals surface area contributed by atoms with Gasteiger partial charge in [0.05, 0.1) is 6.04 Å². The van der Waals surface area contributed by atoms with Crippen molar-refractivity contribution < 1.29 is 19.1 Å². The Morgan fingerprint density at radius 3 is 2.50 bits per heavy atom. The van der Waals surface area contributed by atoms with Crippen molar-refractivity contribution in [2.24, 2.45) is 5.92 Å². The number of rotatable bonds is 2. The smallest absolute Gasteiger partial charge is 0.410 e. The summed E-state index contributed by atoms with van der Waals surface area (Å²) in [6.07, 6.45) is 4.55. The lowest BCUT2D eigenvalue weighted by molar-refractivity contribution is -0.122. The Morgan fingerprint density at radius 1 is 1.41 bits per heavy atom. The molecule has 1 fully saturated rings. The number of carbonyl (C=O) groups is 3. The van der Waals surface area contributed by atoms with Crippen LogP contribution in [0.4, 0.5) is 4.79 Å². The van der Waals surface area contributed by atoms with Gasteiger partial charge >= 0.3 is 6.09 Å². The second kappa shape index (κ2) is 7.72. The van der Waals surface area contributed by atoms with Gasteiger partial charge in [0.2, 0.25) is 0 Å². The minimum Gasteiger partial charge on any atom is -0.444 e. The SMILES string of the molecule is CC1C[C@@H](c2ncc[nH]2)N(C(=O)OC(C)(C)C)C1.O=CC=O. The maximum absolute atomic E-state index is 12.2. The number of aromatic amines is 1. The van der Waals surface area contributed by atoms with Crippen LogP contribution in [0.15, 0.2) is 12.4 Å². The minimum absolute atomic E-state index is 0.00449. The lowest BCUT2D eigenvalue weighted by Crippen LogP contribution is -2.37. The van der Waals surface area contributed by atoms with Crippen LogP contribution in [0.1, 0.15) is 46.0 Å². The Balaban J connectivity index is 0.000000541. The summed E-state index contributed by atoms with van der Waals surface area (Å²) in [7, 11) is 0. The number of imidazole rings is 1. The summed E-state index contributed by atoms with van der Waals surface area (Å²) in [5.41, 5.74) is -0.462. The van der Waals surface area contributed by atoms with E-state index in [9.17, 15) is 4.79 Å². The van der Waals surface area contributed by atoms with E-state index >= 15 is 0 Å². The number of carbonyl (C=O) groups excluding carboxylic acids is 3. The van der Waals surface area contributed by atoms with Crippen LogP contribution in [0.25, 0.3) is 0 Å². The number of H-pyrrole nitrogens is 1. The van der Waals surface area contributed by atoms with Crippen LogP contribution in [0.2, 0.25) is 0 Å². The predicted molar refractivity (Wildman–Crippen MR) is 80.2 cm³/mol. The summed E-state index contributed by atoms with van der Waals surface area (Å²) in [5, 5.41) is 0. The summed E-state index contributed by atoms with van der Waals surface area (Å²) < 4.78 is 5.44. The number of aromatic nitrogens is 2. The Kier molecular flexibility index (Phi) is 6.27. The van der Waals surface area contributed by atoms with Gasteiger partial charge in [0.1, 0.15) is 11.4 Å². The van der Waals surface area contributed by atoms with Gasteiger partial charge in [-0.3, -0.25) is 14.5 Å². The number of likely N-dealkylation sites (tertiary alicyclic amines) is 1. The standard InChI is InChI=1S/C13H21N3O2.C2H2O2/c1-9-7-10(11-14-5-6-15-11)16(8-9)12(17)18-13(2,3)4;3-1-2-4/h5-6,9-10H,7-8H2,1-4H3,(H,14,15);1-2H/t9?,10-;/m0./s1. The highest BCUT2D eigenvalue weighted by molar-refractivity contribution is 6.09. The van der Waals surface area contributed by atoms with Crippen LogP contribution in [0.5, 0.6) is 0 Å². The second-order valence-corrected chi connectivity index (χ2v) is 6.24. The van der Waals surface area contributed by atoms with Gasteiger partial charge in [-0.15, -0.1) is 0 Å². The molecule has 122 valence electrons. The molecule has 1 unspecified atom stereocenters. The zero-order valence-corrected chi connectivity index (χ0v) is 13.4. The van der Waals surface area contributed by atoms with Gasteiger partial charge in [0, 0.05) is 18.9 Å². The molecule has 0 bridgehead atoms. The fourth-order valence-corrected chi connectivity index (χ4v) is 2.29. The number of aldehydes is 2. The minimum atomic E-state index is -0.462. The molecule has 7 heteroatoms. The third-order valence-electron chi connectivity index (χ3n) is 3.03. The topological polar surface area (TPSA) is 92.4 Å². The van der Waals surface area contributed by atoms with Crippen LogP contribution < -0.4 is 0 Å². The van der Waals surface area contributed by atoms with E-state index in [1.54, 1.807) is 17.3 Å². The number of nitrogens with one attached hydrogen (secondary N) is 1. The lowest BCUT2D eigenvalue weighted by Gasteiger charge is -2.27. The first-order valence-electron chi connectivity index (χ1n) is 7.16. The summed E-state index contributed by atoms with van der Waals surface area (Å²) >= 11 is 0. The number of ether oxygens (including phenoxy) is 1. The lowest BCUT2D eigenvalue weighted by atomic mass is 10.1. The molecular formula is C15H23N3O4. The Morgan fingerprint density at radius 2 is 2.05 bits per heavy atom. The van der Waals surface area contributed by atoms with Crippen LogP contribution in [-0.2, 0) is 14.3 Å². The molecule has 2 atom stereocenters. The monoisotopic (exact) mass is 309 g/mol. The molecule has 1 amide bonds. The molecule has 1 aromatic heterocycles. The maximum Gasteiger partial charge on any atom is 0.410 e. The Labute approximate surface area is 130 Å². The van der Waals surface area contributed by atoms with E-state index in [0.29, 0.717) is 5.92 Å². The van der Waals surface area contributed by atoms with Gasteiger partial charge < -0.3 is 9.72 Å². The molecular weight excluding hydrogens is 286 g/mol. The largest absolute Gasteiger partial charge is 0.444 e. The molecule has 2 rings (SSSR count). The highest BCUT2D eigenvalue weighted by Gasteiger charge is 2.37. The van der Waals surface area contributed by atoms with Crippen LogP contribution in [-0.4, -0.2) is 45.7 Å². The zero-order valence-electron chi connectivity index (χ0n) is 13.4. The molecule has 0 saturated carbocycles. The summed E-state index contributed by atoms with van der Waals surface area (Å²) in [6.45, 7) is 8.51. The van der Waals surface area contributed by atoms with Crippen molar-refractivity contribution >= 4 is 18.7 Å². The summed E-state index contributed by atoms with van der Waals surface area (Å²) in [5.74, 6) is 1.30. The molecule has 1 saturated heterocycles. The number of amides is 1. The first-order valence-corrected chi connectivity index (χ1v) is 7.16.